The Labute approximate surface area is 84.5 Å². The maximum Gasteiger partial charge on any atom is 0.320 e. The van der Waals surface area contributed by atoms with Gasteiger partial charge in [0.05, 0.1) is 0 Å². The van der Waals surface area contributed by atoms with Gasteiger partial charge in [0.15, 0.2) is 0 Å². The minimum absolute atomic E-state index is 0. The molecule has 2 unspecified atom stereocenters. The van der Waals surface area contributed by atoms with Gasteiger partial charge in [0.2, 0.25) is 0 Å². The first kappa shape index (κ1) is 10.8. The Morgan fingerprint density at radius 3 is 2.62 bits per heavy atom. The smallest absolute Gasteiger partial charge is 0.320 e. The summed E-state index contributed by atoms with van der Waals surface area (Å²) in [6, 6.07) is 0.408. The number of nitrogens with zero attached hydrogens (tertiary/aromatic N) is 1. The predicted molar refractivity (Wildman–Crippen MR) is 52.3 cm³/mol. The monoisotopic (exact) mass is 205 g/mol. The van der Waals surface area contributed by atoms with E-state index in [1.807, 2.05) is 0 Å². The molecule has 2 fully saturated rings. The molecule has 2 aliphatic heterocycles. The Balaban J connectivity index is 0.000000845. The molecule has 1 N–H and O–H groups in total. The normalized spacial score (nSPS) is 33.5. The number of halogens is 1. The van der Waals surface area contributed by atoms with E-state index in [2.05, 4.69) is 4.90 Å². The van der Waals surface area contributed by atoms with Crippen molar-refractivity contribution in [1.82, 2.24) is 4.90 Å². The first-order chi connectivity index (χ1) is 5.79. The molecule has 0 spiro atoms. The number of carboxylic acids is 1. The summed E-state index contributed by atoms with van der Waals surface area (Å²) in [4.78, 5) is 13.0. The topological polar surface area (TPSA) is 40.5 Å². The summed E-state index contributed by atoms with van der Waals surface area (Å²) in [5.74, 6) is -0.624. The van der Waals surface area contributed by atoms with Crippen LogP contribution in [0.25, 0.3) is 0 Å². The van der Waals surface area contributed by atoms with Crippen LogP contribution >= 0.6 is 12.4 Å². The zero-order valence-electron chi connectivity index (χ0n) is 7.61. The van der Waals surface area contributed by atoms with Gasteiger partial charge in [-0.2, -0.15) is 0 Å². The van der Waals surface area contributed by atoms with E-state index >= 15 is 0 Å². The van der Waals surface area contributed by atoms with Gasteiger partial charge in [-0.3, -0.25) is 9.69 Å². The minimum atomic E-state index is -0.624. The van der Waals surface area contributed by atoms with Crippen molar-refractivity contribution in [3.63, 3.8) is 0 Å². The molecule has 0 amide bonds. The SMILES string of the molecule is Cl.O=C(O)C1CCCC2CCCN21. The quantitative estimate of drug-likeness (QED) is 0.706. The van der Waals surface area contributed by atoms with E-state index in [-0.39, 0.29) is 18.4 Å². The molecule has 0 radical (unpaired) electrons. The summed E-state index contributed by atoms with van der Waals surface area (Å²) in [6.07, 6.45) is 5.56. The summed E-state index contributed by atoms with van der Waals surface area (Å²) in [7, 11) is 0. The molecule has 76 valence electrons. The molecule has 2 heterocycles. The largest absolute Gasteiger partial charge is 0.480 e. The summed E-state index contributed by atoms with van der Waals surface area (Å²) in [6.45, 7) is 1.00. The van der Waals surface area contributed by atoms with Crippen LogP contribution in [0.5, 0.6) is 0 Å². The fourth-order valence-electron chi connectivity index (χ4n) is 2.56. The Bertz CT molecular complexity index is 198. The van der Waals surface area contributed by atoms with Crippen LogP contribution in [-0.2, 0) is 4.79 Å². The molecule has 3 nitrogen and oxygen atoms in total. The lowest BCUT2D eigenvalue weighted by Gasteiger charge is -2.34. The second kappa shape index (κ2) is 4.29. The standard InChI is InChI=1S/C9H15NO2.ClH/c11-9(12)8-5-1-3-7-4-2-6-10(7)8;/h7-8H,1-6H2,(H,11,12);1H. The van der Waals surface area contributed by atoms with Gasteiger partial charge < -0.3 is 5.11 Å². The highest BCUT2D eigenvalue weighted by Crippen LogP contribution is 2.30. The third kappa shape index (κ3) is 1.97. The van der Waals surface area contributed by atoms with Crippen LogP contribution in [0.2, 0.25) is 0 Å². The van der Waals surface area contributed by atoms with Crippen molar-refractivity contribution in [3.05, 3.63) is 0 Å². The fourth-order valence-corrected chi connectivity index (χ4v) is 2.56. The molecule has 0 aromatic heterocycles. The highest BCUT2D eigenvalue weighted by atomic mass is 35.5. The molecule has 0 aromatic rings. The third-order valence-corrected chi connectivity index (χ3v) is 3.12. The van der Waals surface area contributed by atoms with Crippen molar-refractivity contribution in [3.8, 4) is 0 Å². The van der Waals surface area contributed by atoms with Crippen LogP contribution in [0, 0.1) is 0 Å². The predicted octanol–water partition coefficient (Wildman–Crippen LogP) is 1.51. The second-order valence-electron chi connectivity index (χ2n) is 3.82. The van der Waals surface area contributed by atoms with Crippen molar-refractivity contribution in [2.75, 3.05) is 6.54 Å². The maximum atomic E-state index is 10.9. The molecule has 2 rings (SSSR count). The lowest BCUT2D eigenvalue weighted by molar-refractivity contribution is -0.145. The summed E-state index contributed by atoms with van der Waals surface area (Å²) in [5, 5.41) is 8.94. The maximum absolute atomic E-state index is 10.9. The lowest BCUT2D eigenvalue weighted by atomic mass is 9.97. The molecule has 0 saturated carbocycles. The van der Waals surface area contributed by atoms with Crippen LogP contribution in [0.15, 0.2) is 0 Å². The number of piperidine rings is 1. The average Bonchev–Trinajstić information content (AvgIpc) is 2.49. The van der Waals surface area contributed by atoms with E-state index < -0.39 is 5.97 Å². The fraction of sp³-hybridized carbons (Fsp3) is 0.889. The van der Waals surface area contributed by atoms with Gasteiger partial charge in [0, 0.05) is 6.04 Å². The van der Waals surface area contributed by atoms with Crippen LogP contribution in [0.1, 0.15) is 32.1 Å². The summed E-state index contributed by atoms with van der Waals surface area (Å²) >= 11 is 0. The Kier molecular flexibility index (Phi) is 3.56. The van der Waals surface area contributed by atoms with E-state index in [9.17, 15) is 4.79 Å². The highest BCUT2D eigenvalue weighted by molar-refractivity contribution is 5.85. The van der Waals surface area contributed by atoms with Crippen molar-refractivity contribution >= 4 is 18.4 Å². The van der Waals surface area contributed by atoms with Gasteiger partial charge in [0.25, 0.3) is 0 Å². The Hall–Kier alpha value is -0.280. The van der Waals surface area contributed by atoms with Gasteiger partial charge in [-0.05, 0) is 38.6 Å². The molecular formula is C9H16ClNO2. The van der Waals surface area contributed by atoms with Crippen LogP contribution in [0.4, 0.5) is 0 Å². The molecule has 2 saturated heterocycles. The lowest BCUT2D eigenvalue weighted by Crippen LogP contribution is -2.46. The molecule has 2 aliphatic rings. The number of carbonyl (C=O) groups is 1. The number of rotatable bonds is 1. The van der Waals surface area contributed by atoms with Crippen molar-refractivity contribution < 1.29 is 9.90 Å². The molecule has 0 bridgehead atoms. The zero-order chi connectivity index (χ0) is 8.55. The first-order valence-electron chi connectivity index (χ1n) is 4.77. The molecule has 13 heavy (non-hydrogen) atoms. The van der Waals surface area contributed by atoms with Crippen molar-refractivity contribution in [2.45, 2.75) is 44.2 Å². The Morgan fingerprint density at radius 1 is 1.23 bits per heavy atom. The van der Waals surface area contributed by atoms with E-state index in [1.165, 1.54) is 19.3 Å². The number of fused-ring (bicyclic) bond motifs is 1. The van der Waals surface area contributed by atoms with E-state index in [0.29, 0.717) is 6.04 Å². The molecule has 2 atom stereocenters. The number of carboxylic acid groups (broad SMARTS) is 1. The Morgan fingerprint density at radius 2 is 1.92 bits per heavy atom. The minimum Gasteiger partial charge on any atom is -0.480 e. The molecule has 4 heteroatoms. The van der Waals surface area contributed by atoms with E-state index in [4.69, 9.17) is 5.11 Å². The van der Waals surface area contributed by atoms with Gasteiger partial charge in [-0.1, -0.05) is 0 Å². The van der Waals surface area contributed by atoms with Gasteiger partial charge >= 0.3 is 5.97 Å². The zero-order valence-corrected chi connectivity index (χ0v) is 8.42. The van der Waals surface area contributed by atoms with E-state index in [1.54, 1.807) is 0 Å². The molecule has 0 aromatic carbocycles. The number of hydrogen-bond donors (Lipinski definition) is 1. The average molecular weight is 206 g/mol. The molecule has 0 aliphatic carbocycles. The molecular weight excluding hydrogens is 190 g/mol. The van der Waals surface area contributed by atoms with Crippen LogP contribution in [-0.4, -0.2) is 34.6 Å². The van der Waals surface area contributed by atoms with Gasteiger partial charge in [-0.15, -0.1) is 12.4 Å². The van der Waals surface area contributed by atoms with Crippen LogP contribution < -0.4 is 0 Å². The van der Waals surface area contributed by atoms with Crippen molar-refractivity contribution in [1.29, 1.82) is 0 Å². The van der Waals surface area contributed by atoms with Gasteiger partial charge in [0.1, 0.15) is 6.04 Å². The first-order valence-corrected chi connectivity index (χ1v) is 4.77. The third-order valence-electron chi connectivity index (χ3n) is 3.12. The van der Waals surface area contributed by atoms with Gasteiger partial charge in [-0.25, -0.2) is 0 Å². The van der Waals surface area contributed by atoms with E-state index in [0.717, 1.165) is 19.4 Å². The van der Waals surface area contributed by atoms with Crippen LogP contribution in [0.3, 0.4) is 0 Å². The number of hydrogen-bond acceptors (Lipinski definition) is 2. The summed E-state index contributed by atoms with van der Waals surface area (Å²) in [5.41, 5.74) is 0. The highest BCUT2D eigenvalue weighted by Gasteiger charge is 2.37. The van der Waals surface area contributed by atoms with Crippen molar-refractivity contribution in [2.24, 2.45) is 0 Å². The number of aliphatic carboxylic acids is 1. The second-order valence-corrected chi connectivity index (χ2v) is 3.82. The summed E-state index contributed by atoms with van der Waals surface area (Å²) < 4.78 is 0.